The van der Waals surface area contributed by atoms with Crippen molar-refractivity contribution in [3.63, 3.8) is 0 Å². The number of hydrogen-bond acceptors (Lipinski definition) is 6. The third-order valence-electron chi connectivity index (χ3n) is 7.60. The van der Waals surface area contributed by atoms with Gasteiger partial charge in [-0.2, -0.15) is 0 Å². The second-order valence-corrected chi connectivity index (χ2v) is 11.1. The first-order valence-electron chi connectivity index (χ1n) is 12.8. The summed E-state index contributed by atoms with van der Waals surface area (Å²) in [5.74, 6) is 1.50. The van der Waals surface area contributed by atoms with Crippen molar-refractivity contribution in [1.29, 1.82) is 0 Å². The lowest BCUT2D eigenvalue weighted by atomic mass is 9.70. The van der Waals surface area contributed by atoms with E-state index < -0.39 is 0 Å². The fourth-order valence-electron chi connectivity index (χ4n) is 5.27. The average Bonchev–Trinajstić information content (AvgIpc) is 3.70. The summed E-state index contributed by atoms with van der Waals surface area (Å²) >= 11 is 0. The summed E-state index contributed by atoms with van der Waals surface area (Å²) in [6.07, 6.45) is 8.39. The lowest BCUT2D eigenvalue weighted by molar-refractivity contribution is -0.147. The van der Waals surface area contributed by atoms with Crippen LogP contribution in [0.1, 0.15) is 58.4 Å². The zero-order valence-corrected chi connectivity index (χ0v) is 21.4. The lowest BCUT2D eigenvalue weighted by Crippen LogP contribution is -2.44. The Morgan fingerprint density at radius 1 is 1.26 bits per heavy atom. The highest BCUT2D eigenvalue weighted by Gasteiger charge is 2.68. The molecule has 34 heavy (non-hydrogen) atoms. The Hall–Kier alpha value is -1.89. The molecule has 0 bridgehead atoms. The van der Waals surface area contributed by atoms with Gasteiger partial charge in [-0.3, -0.25) is 0 Å². The van der Waals surface area contributed by atoms with Gasteiger partial charge in [0.05, 0.1) is 23.9 Å². The van der Waals surface area contributed by atoms with Crippen molar-refractivity contribution in [3.8, 4) is 5.75 Å². The molecule has 1 aliphatic carbocycles. The monoisotopic (exact) mass is 471 g/mol. The van der Waals surface area contributed by atoms with Gasteiger partial charge in [-0.25, -0.2) is 4.79 Å². The Bertz CT molecular complexity index is 860. The average molecular weight is 472 g/mol. The number of esters is 1. The Morgan fingerprint density at radius 3 is 2.65 bits per heavy atom. The van der Waals surface area contributed by atoms with Gasteiger partial charge in [0.1, 0.15) is 18.5 Å². The molecule has 2 heterocycles. The molecular weight excluding hydrogens is 430 g/mol. The molecule has 4 rings (SSSR count). The molecule has 1 unspecified atom stereocenters. The molecule has 0 radical (unpaired) electrons. The fraction of sp³-hybridized carbons (Fsp3) is 0.679. The van der Waals surface area contributed by atoms with E-state index in [9.17, 15) is 4.79 Å². The molecule has 6 nitrogen and oxygen atoms in total. The molecule has 1 aromatic rings. The zero-order chi connectivity index (χ0) is 24.3. The van der Waals surface area contributed by atoms with E-state index in [0.29, 0.717) is 18.6 Å². The number of benzene rings is 1. The Labute approximate surface area is 204 Å². The summed E-state index contributed by atoms with van der Waals surface area (Å²) in [5, 5.41) is 0. The molecule has 3 aliphatic rings. The van der Waals surface area contributed by atoms with Gasteiger partial charge in [0.15, 0.2) is 0 Å². The first-order chi connectivity index (χ1) is 16.2. The predicted octanol–water partition coefficient (Wildman–Crippen LogP) is 4.71. The van der Waals surface area contributed by atoms with Crippen molar-refractivity contribution in [3.05, 3.63) is 35.9 Å². The largest absolute Gasteiger partial charge is 0.492 e. The van der Waals surface area contributed by atoms with E-state index in [0.717, 1.165) is 50.1 Å². The minimum absolute atomic E-state index is 0.0591. The van der Waals surface area contributed by atoms with Crippen LogP contribution in [0.3, 0.4) is 0 Å². The van der Waals surface area contributed by atoms with E-state index in [2.05, 4.69) is 25.7 Å². The van der Waals surface area contributed by atoms with Crippen LogP contribution in [-0.2, 0) is 19.0 Å². The molecule has 3 fully saturated rings. The van der Waals surface area contributed by atoms with Gasteiger partial charge in [0.2, 0.25) is 0 Å². The van der Waals surface area contributed by atoms with Crippen LogP contribution < -0.4 is 4.74 Å². The van der Waals surface area contributed by atoms with Crippen molar-refractivity contribution < 1.29 is 23.7 Å². The molecule has 1 saturated carbocycles. The maximum absolute atomic E-state index is 12.5. The molecule has 2 saturated heterocycles. The van der Waals surface area contributed by atoms with E-state index in [-0.39, 0.29) is 29.2 Å². The third kappa shape index (κ3) is 6.21. The maximum Gasteiger partial charge on any atom is 0.331 e. The predicted molar refractivity (Wildman–Crippen MR) is 133 cm³/mol. The van der Waals surface area contributed by atoms with Crippen LogP contribution in [-0.4, -0.2) is 68.1 Å². The minimum atomic E-state index is -0.291. The van der Waals surface area contributed by atoms with Gasteiger partial charge in [0, 0.05) is 18.5 Å². The van der Waals surface area contributed by atoms with Crippen LogP contribution >= 0.6 is 0 Å². The maximum atomic E-state index is 12.5. The second kappa shape index (κ2) is 10.4. The third-order valence-corrected chi connectivity index (χ3v) is 7.60. The van der Waals surface area contributed by atoms with Crippen LogP contribution in [0.15, 0.2) is 30.3 Å². The number of nitrogens with zero attached hydrogens (tertiary/aromatic N) is 1. The summed E-state index contributed by atoms with van der Waals surface area (Å²) in [4.78, 5) is 14.6. The van der Waals surface area contributed by atoms with Gasteiger partial charge >= 0.3 is 5.97 Å². The highest BCUT2D eigenvalue weighted by Crippen LogP contribution is 2.59. The van der Waals surface area contributed by atoms with Crippen molar-refractivity contribution in [2.45, 2.75) is 76.3 Å². The quantitative estimate of drug-likeness (QED) is 0.264. The Balaban J connectivity index is 1.27. The van der Waals surface area contributed by atoms with Gasteiger partial charge < -0.3 is 23.8 Å². The van der Waals surface area contributed by atoms with E-state index in [1.54, 1.807) is 6.08 Å². The molecule has 0 amide bonds. The minimum Gasteiger partial charge on any atom is -0.492 e. The summed E-state index contributed by atoms with van der Waals surface area (Å²) < 4.78 is 23.7. The van der Waals surface area contributed by atoms with Crippen molar-refractivity contribution in [2.24, 2.45) is 11.8 Å². The smallest absolute Gasteiger partial charge is 0.331 e. The van der Waals surface area contributed by atoms with E-state index >= 15 is 0 Å². The van der Waals surface area contributed by atoms with Crippen LogP contribution in [0.2, 0.25) is 0 Å². The molecule has 1 aromatic carbocycles. The summed E-state index contributed by atoms with van der Waals surface area (Å²) in [5.41, 5.74) is 0.731. The summed E-state index contributed by atoms with van der Waals surface area (Å²) in [7, 11) is 4.04. The molecule has 0 aromatic heterocycles. The van der Waals surface area contributed by atoms with E-state index in [4.69, 9.17) is 18.9 Å². The number of likely N-dealkylation sites (N-methyl/N-ethyl adjacent to an activating group) is 1. The van der Waals surface area contributed by atoms with Crippen LogP contribution in [0.25, 0.3) is 6.08 Å². The number of carbonyl (C=O) groups is 1. The molecule has 188 valence electrons. The molecule has 1 spiro atoms. The van der Waals surface area contributed by atoms with Crippen LogP contribution in [0.4, 0.5) is 0 Å². The van der Waals surface area contributed by atoms with Gasteiger partial charge in [-0.15, -0.1) is 0 Å². The molecule has 2 aliphatic heterocycles. The Kier molecular flexibility index (Phi) is 7.70. The topological polar surface area (TPSA) is 63.8 Å². The van der Waals surface area contributed by atoms with Crippen LogP contribution in [0, 0.1) is 11.8 Å². The Morgan fingerprint density at radius 2 is 2.00 bits per heavy atom. The standard InChI is InChI=1S/C28H41NO5/c1-20(2)6-12-25-27(3,34-25)24-18-23(14-15-28(24)19-32-28)33-26(30)13-9-21-7-10-22(11-8-21)31-17-16-29(4)5/h7-11,13,20,23-25H,6,12,14-19H2,1-5H3/b13-9+/t23-,24-,25-,27-,28?/m1/s1. The zero-order valence-electron chi connectivity index (χ0n) is 21.4. The molecular formula is C28H41NO5. The van der Waals surface area contributed by atoms with E-state index in [1.165, 1.54) is 12.5 Å². The van der Waals surface area contributed by atoms with Gasteiger partial charge in [0.25, 0.3) is 0 Å². The van der Waals surface area contributed by atoms with Crippen molar-refractivity contribution >= 4 is 12.0 Å². The van der Waals surface area contributed by atoms with Crippen LogP contribution in [0.5, 0.6) is 5.75 Å². The van der Waals surface area contributed by atoms with Gasteiger partial charge in [-0.05, 0) is 82.8 Å². The molecule has 5 atom stereocenters. The first kappa shape index (κ1) is 25.2. The van der Waals surface area contributed by atoms with Crippen molar-refractivity contribution in [1.82, 2.24) is 4.90 Å². The van der Waals surface area contributed by atoms with Crippen molar-refractivity contribution in [2.75, 3.05) is 33.9 Å². The number of carbonyl (C=O) groups excluding carboxylic acids is 1. The number of hydrogen-bond donors (Lipinski definition) is 0. The second-order valence-electron chi connectivity index (χ2n) is 11.1. The molecule has 0 N–H and O–H groups in total. The highest BCUT2D eigenvalue weighted by atomic mass is 16.6. The SMILES string of the molecule is CC(C)CC[C@H]1O[C@]1(C)[C@H]1C[C@H](OC(=O)/C=C/c2ccc(OCCN(C)C)cc2)CCC12CO2. The lowest BCUT2D eigenvalue weighted by Gasteiger charge is -2.36. The molecule has 6 heteroatoms. The number of rotatable bonds is 11. The van der Waals surface area contributed by atoms with Gasteiger partial charge in [-0.1, -0.05) is 26.0 Å². The summed E-state index contributed by atoms with van der Waals surface area (Å²) in [6, 6.07) is 7.74. The first-order valence-corrected chi connectivity index (χ1v) is 12.8. The number of ether oxygens (including phenoxy) is 4. The fourth-order valence-corrected chi connectivity index (χ4v) is 5.27. The highest BCUT2D eigenvalue weighted by molar-refractivity contribution is 5.87. The van der Waals surface area contributed by atoms with E-state index in [1.807, 2.05) is 38.4 Å². The summed E-state index contributed by atoms with van der Waals surface area (Å²) in [6.45, 7) is 9.05. The number of epoxide rings is 2. The normalized spacial score (nSPS) is 32.5.